The van der Waals surface area contributed by atoms with Gasteiger partial charge in [-0.25, -0.2) is 0 Å². The standard InChI is InChI=1S/C30H43ClN2O3/c1-28(35)12-13-30(18-36-3)20(15-28)5-7-22-23-8-9-25(29(23,2)11-10-24(22)30)27(34)17-33-16-19-4-6-21(31)14-26(19)32/h4,6,14,16,20,22-25,35H,5,7-13,15,17-18,32H2,1-3H3/t20-,22-,23-,24-,25+,28+,29-,30+/m0/s1. The van der Waals surface area contributed by atoms with E-state index in [0.717, 1.165) is 50.7 Å². The van der Waals surface area contributed by atoms with E-state index in [4.69, 9.17) is 22.1 Å². The molecule has 4 aliphatic carbocycles. The second-order valence-corrected chi connectivity index (χ2v) is 13.3. The van der Waals surface area contributed by atoms with Crippen LogP contribution in [0.4, 0.5) is 5.69 Å². The molecule has 8 atom stereocenters. The van der Waals surface area contributed by atoms with Crippen molar-refractivity contribution in [2.75, 3.05) is 26.0 Å². The normalized spacial score (nSPS) is 42.1. The maximum atomic E-state index is 13.4. The molecule has 6 heteroatoms. The Balaban J connectivity index is 1.31. The van der Waals surface area contributed by atoms with E-state index in [9.17, 15) is 9.90 Å². The number of fused-ring (bicyclic) bond motifs is 5. The van der Waals surface area contributed by atoms with Gasteiger partial charge in [0.1, 0.15) is 0 Å². The minimum absolute atomic E-state index is 0.0638. The van der Waals surface area contributed by atoms with Gasteiger partial charge in [0.05, 0.1) is 18.8 Å². The summed E-state index contributed by atoms with van der Waals surface area (Å²) < 4.78 is 5.88. The molecule has 5 rings (SSSR count). The molecule has 4 fully saturated rings. The van der Waals surface area contributed by atoms with Crippen molar-refractivity contribution >= 4 is 29.3 Å². The lowest BCUT2D eigenvalue weighted by Crippen LogP contribution is -2.58. The summed E-state index contributed by atoms with van der Waals surface area (Å²) in [6.45, 7) is 5.44. The van der Waals surface area contributed by atoms with E-state index in [1.807, 2.05) is 20.1 Å². The number of carbonyl (C=O) groups excluding carboxylic acids is 1. The third-order valence-electron chi connectivity index (χ3n) is 11.0. The number of aliphatic imine (C=N–C) groups is 1. The van der Waals surface area contributed by atoms with Gasteiger partial charge in [0, 0.05) is 35.5 Å². The highest BCUT2D eigenvalue weighted by Gasteiger charge is 2.63. The van der Waals surface area contributed by atoms with Crippen molar-refractivity contribution < 1.29 is 14.6 Å². The minimum Gasteiger partial charge on any atom is -0.398 e. The van der Waals surface area contributed by atoms with Crippen molar-refractivity contribution in [3.8, 4) is 0 Å². The molecule has 0 amide bonds. The van der Waals surface area contributed by atoms with Crippen LogP contribution in [-0.4, -0.2) is 43.0 Å². The molecule has 198 valence electrons. The van der Waals surface area contributed by atoms with E-state index >= 15 is 0 Å². The number of nitrogens with two attached hydrogens (primary N) is 1. The highest BCUT2D eigenvalue weighted by molar-refractivity contribution is 6.31. The summed E-state index contributed by atoms with van der Waals surface area (Å²) in [6, 6.07) is 5.35. The maximum absolute atomic E-state index is 13.4. The molecule has 0 heterocycles. The van der Waals surface area contributed by atoms with Crippen molar-refractivity contribution in [2.45, 2.75) is 77.2 Å². The van der Waals surface area contributed by atoms with Crippen LogP contribution in [0.5, 0.6) is 0 Å². The molecule has 0 aliphatic heterocycles. The lowest BCUT2D eigenvalue weighted by molar-refractivity contribution is -0.175. The molecule has 0 bridgehead atoms. The molecule has 36 heavy (non-hydrogen) atoms. The van der Waals surface area contributed by atoms with E-state index in [-0.39, 0.29) is 29.1 Å². The Bertz CT molecular complexity index is 1030. The summed E-state index contributed by atoms with van der Waals surface area (Å²) in [4.78, 5) is 17.9. The van der Waals surface area contributed by atoms with Crippen molar-refractivity contribution in [1.82, 2.24) is 0 Å². The first-order chi connectivity index (χ1) is 17.1. The number of methoxy groups -OCH3 is 1. The summed E-state index contributed by atoms with van der Waals surface area (Å²) in [7, 11) is 1.84. The number of Topliss-reactive ketones (excluding diaryl/α,β-unsaturated/α-hetero) is 1. The van der Waals surface area contributed by atoms with Gasteiger partial charge in [-0.3, -0.25) is 9.79 Å². The van der Waals surface area contributed by atoms with E-state index in [1.54, 1.807) is 18.3 Å². The van der Waals surface area contributed by atoms with Crippen LogP contribution in [0.15, 0.2) is 23.2 Å². The number of nitrogens with zero attached hydrogens (tertiary/aromatic N) is 1. The van der Waals surface area contributed by atoms with Crippen molar-refractivity contribution in [3.63, 3.8) is 0 Å². The Kier molecular flexibility index (Phi) is 7.06. The zero-order valence-electron chi connectivity index (χ0n) is 22.1. The average Bonchev–Trinajstić information content (AvgIpc) is 3.18. The molecule has 0 aromatic heterocycles. The summed E-state index contributed by atoms with van der Waals surface area (Å²) in [5.41, 5.74) is 7.13. The van der Waals surface area contributed by atoms with Gasteiger partial charge in [-0.2, -0.15) is 0 Å². The third kappa shape index (κ3) is 4.43. The molecule has 0 radical (unpaired) electrons. The second-order valence-electron chi connectivity index (χ2n) is 12.9. The van der Waals surface area contributed by atoms with Crippen LogP contribution in [-0.2, 0) is 9.53 Å². The maximum Gasteiger partial charge on any atom is 0.157 e. The monoisotopic (exact) mass is 514 g/mol. The summed E-state index contributed by atoms with van der Waals surface area (Å²) >= 11 is 6.00. The van der Waals surface area contributed by atoms with E-state index in [0.29, 0.717) is 34.4 Å². The summed E-state index contributed by atoms with van der Waals surface area (Å²) in [6.07, 6.45) is 11.4. The van der Waals surface area contributed by atoms with Crippen LogP contribution in [0.25, 0.3) is 0 Å². The number of benzene rings is 1. The fourth-order valence-electron chi connectivity index (χ4n) is 9.32. The van der Waals surface area contributed by atoms with Gasteiger partial charge < -0.3 is 15.6 Å². The molecule has 3 N–H and O–H groups in total. The molecular formula is C30H43ClN2O3. The number of hydrogen-bond donors (Lipinski definition) is 2. The molecule has 1 aromatic rings. The minimum atomic E-state index is -0.542. The summed E-state index contributed by atoms with van der Waals surface area (Å²) in [5, 5.41) is 11.4. The van der Waals surface area contributed by atoms with Gasteiger partial charge in [-0.1, -0.05) is 18.5 Å². The zero-order valence-corrected chi connectivity index (χ0v) is 22.9. The fraction of sp³-hybridized carbons (Fsp3) is 0.733. The Morgan fingerprint density at radius 3 is 2.72 bits per heavy atom. The molecular weight excluding hydrogens is 472 g/mol. The number of carbonyl (C=O) groups is 1. The van der Waals surface area contributed by atoms with Crippen LogP contribution in [0.3, 0.4) is 0 Å². The third-order valence-corrected chi connectivity index (χ3v) is 11.2. The number of hydrogen-bond acceptors (Lipinski definition) is 5. The van der Waals surface area contributed by atoms with Crippen LogP contribution in [0, 0.1) is 40.4 Å². The lowest BCUT2D eigenvalue weighted by atomic mass is 9.43. The Hall–Kier alpha value is -1.43. The van der Waals surface area contributed by atoms with Crippen LogP contribution in [0.2, 0.25) is 5.02 Å². The van der Waals surface area contributed by atoms with Gasteiger partial charge in [0.15, 0.2) is 5.78 Å². The first-order valence-electron chi connectivity index (χ1n) is 13.9. The highest BCUT2D eigenvalue weighted by Crippen LogP contribution is 2.68. The number of rotatable bonds is 6. The molecule has 4 aliphatic rings. The Labute approximate surface area is 221 Å². The SMILES string of the molecule is COC[C@]12CC[C@@](C)(O)C[C@@H]1CC[C@H]1[C@@H]3CC[C@H](C(=O)CN=Cc4ccc(Cl)cc4N)[C@@]3(C)CC[C@@H]12. The molecule has 5 nitrogen and oxygen atoms in total. The predicted molar refractivity (Wildman–Crippen MR) is 145 cm³/mol. The molecule has 1 aromatic carbocycles. The van der Waals surface area contributed by atoms with E-state index in [2.05, 4.69) is 11.9 Å². The van der Waals surface area contributed by atoms with Gasteiger partial charge in [-0.15, -0.1) is 0 Å². The smallest absolute Gasteiger partial charge is 0.157 e. The number of ketones is 1. The number of anilines is 1. The van der Waals surface area contributed by atoms with Gasteiger partial charge in [-0.05, 0) is 117 Å². The molecule has 0 unspecified atom stereocenters. The zero-order chi connectivity index (χ0) is 25.7. The number of aliphatic hydroxyl groups is 1. The highest BCUT2D eigenvalue weighted by atomic mass is 35.5. The topological polar surface area (TPSA) is 84.9 Å². The van der Waals surface area contributed by atoms with Crippen molar-refractivity contribution in [3.05, 3.63) is 28.8 Å². The van der Waals surface area contributed by atoms with Gasteiger partial charge >= 0.3 is 0 Å². The number of nitrogen functional groups attached to an aromatic ring is 1. The van der Waals surface area contributed by atoms with Gasteiger partial charge in [0.2, 0.25) is 0 Å². The lowest BCUT2D eigenvalue weighted by Gasteiger charge is -2.62. The largest absolute Gasteiger partial charge is 0.398 e. The Morgan fingerprint density at radius 1 is 1.17 bits per heavy atom. The fourth-order valence-corrected chi connectivity index (χ4v) is 9.50. The number of halogens is 1. The van der Waals surface area contributed by atoms with Crippen LogP contribution < -0.4 is 5.73 Å². The van der Waals surface area contributed by atoms with E-state index in [1.165, 1.54) is 19.3 Å². The average molecular weight is 515 g/mol. The number of ether oxygens (including phenoxy) is 1. The first kappa shape index (κ1) is 26.2. The van der Waals surface area contributed by atoms with Crippen molar-refractivity contribution in [1.29, 1.82) is 0 Å². The van der Waals surface area contributed by atoms with Gasteiger partial charge in [0.25, 0.3) is 0 Å². The predicted octanol–water partition coefficient (Wildman–Crippen LogP) is 5.95. The van der Waals surface area contributed by atoms with E-state index < -0.39 is 5.60 Å². The van der Waals surface area contributed by atoms with Crippen molar-refractivity contribution in [2.24, 2.45) is 45.4 Å². The Morgan fingerprint density at radius 2 is 1.97 bits per heavy atom. The second kappa shape index (κ2) is 9.71. The van der Waals surface area contributed by atoms with Crippen LogP contribution in [0.1, 0.15) is 77.2 Å². The molecule has 0 spiro atoms. The van der Waals surface area contributed by atoms with Crippen LogP contribution >= 0.6 is 11.6 Å². The molecule has 4 saturated carbocycles. The quantitative estimate of drug-likeness (QED) is 0.363. The first-order valence-corrected chi connectivity index (χ1v) is 14.3. The molecule has 0 saturated heterocycles. The summed E-state index contributed by atoms with van der Waals surface area (Å²) in [5.74, 6) is 2.81.